The van der Waals surface area contributed by atoms with Gasteiger partial charge in [0.15, 0.2) is 5.65 Å². The Kier molecular flexibility index (Phi) is 5.31. The highest BCUT2D eigenvalue weighted by molar-refractivity contribution is 5.88. The summed E-state index contributed by atoms with van der Waals surface area (Å²) in [5, 5.41) is 20.5. The van der Waals surface area contributed by atoms with E-state index >= 15 is 0 Å². The van der Waals surface area contributed by atoms with Gasteiger partial charge in [-0.1, -0.05) is 12.1 Å². The normalized spacial score (nSPS) is 11.5. The van der Waals surface area contributed by atoms with E-state index in [4.69, 9.17) is 15.9 Å². The molecule has 4 rings (SSSR count). The van der Waals surface area contributed by atoms with Crippen LogP contribution < -0.4 is 15.8 Å². The number of imidazole rings is 1. The lowest BCUT2D eigenvalue weighted by Gasteiger charge is -2.17. The topological polar surface area (TPSA) is 122 Å². The summed E-state index contributed by atoms with van der Waals surface area (Å²) in [6.45, 7) is 3.55. The number of nitrogens with one attached hydrogen (secondary N) is 2. The van der Waals surface area contributed by atoms with Crippen LogP contribution in [-0.2, 0) is 0 Å². The molecule has 8 heteroatoms. The molecular weight excluding hydrogens is 392 g/mol. The summed E-state index contributed by atoms with van der Waals surface area (Å²) in [6, 6.07) is 11.2. The molecule has 4 aromatic rings. The summed E-state index contributed by atoms with van der Waals surface area (Å²) in [7, 11) is 0. The third kappa shape index (κ3) is 4.65. The van der Waals surface area contributed by atoms with Crippen LogP contribution >= 0.6 is 0 Å². The van der Waals surface area contributed by atoms with Crippen molar-refractivity contribution in [3.05, 3.63) is 66.7 Å². The number of nitrogens with zero attached hydrogens (tertiary/aromatic N) is 3. The lowest BCUT2D eigenvalue weighted by atomic mass is 10.0. The van der Waals surface area contributed by atoms with Crippen molar-refractivity contribution in [2.24, 2.45) is 0 Å². The predicted octanol–water partition coefficient (Wildman–Crippen LogP) is 3.87. The Labute approximate surface area is 179 Å². The van der Waals surface area contributed by atoms with Crippen LogP contribution in [0.25, 0.3) is 16.8 Å². The van der Waals surface area contributed by atoms with Gasteiger partial charge in [-0.15, -0.1) is 0 Å². The zero-order valence-corrected chi connectivity index (χ0v) is 17.3. The van der Waals surface area contributed by atoms with E-state index in [1.54, 1.807) is 32.3 Å². The van der Waals surface area contributed by atoms with Crippen LogP contribution in [-0.4, -0.2) is 37.9 Å². The SMILES string of the molecule is CC(C)(O)COc1ccc(Nc2cc(-c3ccc(C=N)c(N)c3)cn3ccnc23)nc1. The number of nitrogens with two attached hydrogens (primary N) is 1. The Morgan fingerprint density at radius 1 is 1.19 bits per heavy atom. The molecule has 0 unspecified atom stereocenters. The molecule has 0 bridgehead atoms. The highest BCUT2D eigenvalue weighted by Crippen LogP contribution is 2.29. The van der Waals surface area contributed by atoms with E-state index in [-0.39, 0.29) is 6.61 Å². The molecule has 0 saturated heterocycles. The van der Waals surface area contributed by atoms with Crippen molar-refractivity contribution in [3.63, 3.8) is 0 Å². The first-order valence-electron chi connectivity index (χ1n) is 9.78. The van der Waals surface area contributed by atoms with Gasteiger partial charge in [0, 0.05) is 41.6 Å². The van der Waals surface area contributed by atoms with Crippen molar-refractivity contribution in [1.82, 2.24) is 14.4 Å². The van der Waals surface area contributed by atoms with Gasteiger partial charge in [-0.05, 0) is 43.7 Å². The number of hydrogen-bond donors (Lipinski definition) is 4. The number of aromatic nitrogens is 3. The monoisotopic (exact) mass is 416 g/mol. The second-order valence-corrected chi connectivity index (χ2v) is 7.89. The lowest BCUT2D eigenvalue weighted by Crippen LogP contribution is -2.27. The molecule has 0 spiro atoms. The van der Waals surface area contributed by atoms with Gasteiger partial charge in [-0.3, -0.25) is 0 Å². The molecule has 0 atom stereocenters. The van der Waals surface area contributed by atoms with E-state index < -0.39 is 5.60 Å². The molecule has 3 heterocycles. The fraction of sp³-hybridized carbons (Fsp3) is 0.174. The van der Waals surface area contributed by atoms with Crippen molar-refractivity contribution >= 4 is 29.1 Å². The van der Waals surface area contributed by atoms with Crippen LogP contribution in [0, 0.1) is 5.41 Å². The molecule has 0 aliphatic heterocycles. The van der Waals surface area contributed by atoms with Crippen molar-refractivity contribution in [2.45, 2.75) is 19.4 Å². The number of nitrogen functional groups attached to an aromatic ring is 1. The van der Waals surface area contributed by atoms with Gasteiger partial charge in [0.25, 0.3) is 0 Å². The van der Waals surface area contributed by atoms with Gasteiger partial charge in [0.1, 0.15) is 18.2 Å². The van der Waals surface area contributed by atoms with Crippen LogP contribution in [0.5, 0.6) is 5.75 Å². The van der Waals surface area contributed by atoms with Crippen LogP contribution in [0.1, 0.15) is 19.4 Å². The first-order chi connectivity index (χ1) is 14.8. The molecule has 1 aromatic carbocycles. The van der Waals surface area contributed by atoms with Gasteiger partial charge in [-0.25, -0.2) is 9.97 Å². The quantitative estimate of drug-likeness (QED) is 0.268. The zero-order chi connectivity index (χ0) is 22.0. The average Bonchev–Trinajstić information content (AvgIpc) is 3.22. The Bertz CT molecular complexity index is 1230. The average molecular weight is 416 g/mol. The molecule has 0 saturated carbocycles. The fourth-order valence-electron chi connectivity index (χ4n) is 3.11. The summed E-state index contributed by atoms with van der Waals surface area (Å²) < 4.78 is 7.49. The van der Waals surface area contributed by atoms with E-state index in [0.717, 1.165) is 22.5 Å². The minimum Gasteiger partial charge on any atom is -0.489 e. The molecule has 158 valence electrons. The van der Waals surface area contributed by atoms with Gasteiger partial charge < -0.3 is 30.7 Å². The number of aliphatic hydroxyl groups is 1. The number of rotatable bonds is 7. The number of anilines is 3. The third-order valence-electron chi connectivity index (χ3n) is 4.65. The third-order valence-corrected chi connectivity index (χ3v) is 4.65. The largest absolute Gasteiger partial charge is 0.489 e. The van der Waals surface area contributed by atoms with Crippen LogP contribution in [0.4, 0.5) is 17.2 Å². The van der Waals surface area contributed by atoms with E-state index in [2.05, 4.69) is 15.3 Å². The van der Waals surface area contributed by atoms with Crippen LogP contribution in [0.2, 0.25) is 0 Å². The Hall–Kier alpha value is -3.91. The highest BCUT2D eigenvalue weighted by Gasteiger charge is 2.14. The van der Waals surface area contributed by atoms with Crippen molar-refractivity contribution in [3.8, 4) is 16.9 Å². The first kappa shape index (κ1) is 20.4. The Morgan fingerprint density at radius 3 is 2.71 bits per heavy atom. The number of fused-ring (bicyclic) bond motifs is 1. The van der Waals surface area contributed by atoms with E-state index in [1.807, 2.05) is 47.1 Å². The summed E-state index contributed by atoms with van der Waals surface area (Å²) in [5.74, 6) is 1.21. The molecule has 3 aromatic heterocycles. The number of hydrogen-bond acceptors (Lipinski definition) is 7. The lowest BCUT2D eigenvalue weighted by molar-refractivity contribution is 0.0284. The maximum Gasteiger partial charge on any atom is 0.160 e. The second kappa shape index (κ2) is 8.08. The van der Waals surface area contributed by atoms with E-state index in [9.17, 15) is 5.11 Å². The first-order valence-corrected chi connectivity index (χ1v) is 9.78. The van der Waals surface area contributed by atoms with E-state index in [0.29, 0.717) is 22.8 Å². The maximum atomic E-state index is 9.79. The molecule has 0 aliphatic carbocycles. The summed E-state index contributed by atoms with van der Waals surface area (Å²) in [6.07, 6.45) is 8.44. The molecule has 8 nitrogen and oxygen atoms in total. The highest BCUT2D eigenvalue weighted by atomic mass is 16.5. The summed E-state index contributed by atoms with van der Waals surface area (Å²) >= 11 is 0. The van der Waals surface area contributed by atoms with Gasteiger partial charge in [0.2, 0.25) is 0 Å². The fourth-order valence-corrected chi connectivity index (χ4v) is 3.11. The van der Waals surface area contributed by atoms with Crippen molar-refractivity contribution < 1.29 is 9.84 Å². The molecule has 5 N–H and O–H groups in total. The predicted molar refractivity (Wildman–Crippen MR) is 122 cm³/mol. The standard InChI is InChI=1S/C23H24N6O2/c1-23(2,30)14-31-18-5-6-21(27-12-18)28-20-10-17(13-29-8-7-26-22(20)29)15-3-4-16(11-24)19(25)9-15/h3-13,24,30H,14,25H2,1-2H3,(H,27,28). The maximum absolute atomic E-state index is 9.79. The number of pyridine rings is 2. The minimum atomic E-state index is -0.913. The zero-order valence-electron chi connectivity index (χ0n) is 17.3. The Morgan fingerprint density at radius 2 is 2.03 bits per heavy atom. The summed E-state index contributed by atoms with van der Waals surface area (Å²) in [5.41, 5.74) is 9.82. The Balaban J connectivity index is 1.63. The van der Waals surface area contributed by atoms with Crippen molar-refractivity contribution in [2.75, 3.05) is 17.7 Å². The minimum absolute atomic E-state index is 0.179. The second-order valence-electron chi connectivity index (χ2n) is 7.89. The molecule has 0 fully saturated rings. The van der Waals surface area contributed by atoms with Gasteiger partial charge in [-0.2, -0.15) is 0 Å². The summed E-state index contributed by atoms with van der Waals surface area (Å²) in [4.78, 5) is 8.84. The van der Waals surface area contributed by atoms with E-state index in [1.165, 1.54) is 6.21 Å². The van der Waals surface area contributed by atoms with Crippen molar-refractivity contribution in [1.29, 1.82) is 5.41 Å². The molecular formula is C23H24N6O2. The smallest absolute Gasteiger partial charge is 0.160 e. The molecule has 31 heavy (non-hydrogen) atoms. The van der Waals surface area contributed by atoms with Crippen LogP contribution in [0.3, 0.4) is 0 Å². The number of ether oxygens (including phenoxy) is 1. The molecule has 0 amide bonds. The molecule has 0 radical (unpaired) electrons. The van der Waals surface area contributed by atoms with Gasteiger partial charge in [0.05, 0.1) is 17.5 Å². The van der Waals surface area contributed by atoms with Gasteiger partial charge >= 0.3 is 0 Å². The number of benzene rings is 1. The van der Waals surface area contributed by atoms with Crippen LogP contribution in [0.15, 0.2) is 61.2 Å². The molecule has 0 aliphatic rings.